The molecule has 0 bridgehead atoms. The van der Waals surface area contributed by atoms with Gasteiger partial charge in [-0.25, -0.2) is 0 Å². The topological polar surface area (TPSA) is 3.24 Å². The summed E-state index contributed by atoms with van der Waals surface area (Å²) in [5.74, 6) is 0. The molecule has 0 fully saturated rings. The monoisotopic (exact) mass is 187 g/mol. The van der Waals surface area contributed by atoms with Gasteiger partial charge in [-0.15, -0.1) is 0 Å². The fourth-order valence-electron chi connectivity index (χ4n) is 0.354. The lowest BCUT2D eigenvalue weighted by Crippen LogP contribution is -2.05. The van der Waals surface area contributed by atoms with Gasteiger partial charge in [0.15, 0.2) is 0 Å². The van der Waals surface area contributed by atoms with Crippen molar-refractivity contribution in [1.29, 1.82) is 0 Å². The van der Waals surface area contributed by atoms with Gasteiger partial charge in [-0.3, -0.25) is 0 Å². The van der Waals surface area contributed by atoms with Gasteiger partial charge >= 0.3 is 0 Å². The van der Waals surface area contributed by atoms with Crippen LogP contribution in [-0.2, 0) is 0 Å². The molecule has 1 nitrogen and oxygen atoms in total. The minimum absolute atomic E-state index is 1.09. The summed E-state index contributed by atoms with van der Waals surface area (Å²) < 4.78 is 0. The van der Waals surface area contributed by atoms with Crippen LogP contribution in [0.4, 0.5) is 0 Å². The molecule has 0 aliphatic carbocycles. The fourth-order valence-corrected chi connectivity index (χ4v) is 0.354. The number of hydrogen-bond donors (Lipinski definition) is 0. The van der Waals surface area contributed by atoms with Crippen LogP contribution in [0.3, 0.4) is 0 Å². The Bertz CT molecular complexity index is 83.1. The molecule has 0 aromatic carbocycles. The highest BCUT2D eigenvalue weighted by atomic mass is 15.1. The summed E-state index contributed by atoms with van der Waals surface area (Å²) in [4.78, 5) is 1.97. The zero-order valence-electron chi connectivity index (χ0n) is 10.8. The summed E-state index contributed by atoms with van der Waals surface area (Å²) in [6.07, 6.45) is 4.08. The number of rotatable bonds is 3. The average molecular weight is 187 g/mol. The smallest absolute Gasteiger partial charge is 0.00578 e. The first-order chi connectivity index (χ1) is 6.06. The van der Waals surface area contributed by atoms with Crippen molar-refractivity contribution in [2.45, 2.75) is 53.9 Å². The molecule has 0 amide bonds. The molecule has 0 spiro atoms. The molecule has 0 saturated heterocycles. The summed E-state index contributed by atoms with van der Waals surface area (Å²) in [5, 5.41) is 0. The van der Waals surface area contributed by atoms with E-state index in [-0.39, 0.29) is 0 Å². The van der Waals surface area contributed by atoms with Gasteiger partial charge < -0.3 is 4.90 Å². The van der Waals surface area contributed by atoms with Crippen LogP contribution in [0.1, 0.15) is 53.9 Å². The van der Waals surface area contributed by atoms with Gasteiger partial charge in [0.2, 0.25) is 0 Å². The number of nitrogens with zero attached hydrogens (tertiary/aromatic N) is 1. The Labute approximate surface area is 85.8 Å². The molecular weight excluding hydrogens is 158 g/mol. The third-order valence-electron chi connectivity index (χ3n) is 1.47. The second-order valence-electron chi connectivity index (χ2n) is 2.98. The molecule has 13 heavy (non-hydrogen) atoms. The summed E-state index contributed by atoms with van der Waals surface area (Å²) in [6.45, 7) is 14.1. The molecule has 0 heterocycles. The number of unbranched alkanes of at least 4 members (excludes halogenated alkanes) is 2. The zero-order valence-corrected chi connectivity index (χ0v) is 10.8. The fraction of sp³-hybridized carbons (Fsp3) is 0.833. The third kappa shape index (κ3) is 34.2. The van der Waals surface area contributed by atoms with Crippen LogP contribution in [-0.4, -0.2) is 19.0 Å². The standard InChI is InChI=1S/C5H11N.C5H12.C2H6/c1-5(2)6(3)4;1-3-5-4-2;1-2/h1H2,2-4H3;3-5H2,1-2H3;1-2H3. The molecule has 0 aliphatic heterocycles. The quantitative estimate of drug-likeness (QED) is 0.636. The van der Waals surface area contributed by atoms with Gasteiger partial charge in [0, 0.05) is 19.8 Å². The first kappa shape index (κ1) is 18.3. The maximum absolute atomic E-state index is 3.68. The van der Waals surface area contributed by atoms with Crippen LogP contribution < -0.4 is 0 Å². The van der Waals surface area contributed by atoms with Crippen LogP contribution in [0.25, 0.3) is 0 Å². The normalized spacial score (nSPS) is 7.31. The van der Waals surface area contributed by atoms with Crippen LogP contribution in [0.15, 0.2) is 12.3 Å². The van der Waals surface area contributed by atoms with E-state index < -0.39 is 0 Å². The van der Waals surface area contributed by atoms with Gasteiger partial charge in [0.05, 0.1) is 0 Å². The van der Waals surface area contributed by atoms with E-state index in [4.69, 9.17) is 0 Å². The molecule has 0 aromatic rings. The lowest BCUT2D eigenvalue weighted by atomic mass is 10.3. The van der Waals surface area contributed by atoms with Crippen molar-refractivity contribution in [3.05, 3.63) is 12.3 Å². The Morgan fingerprint density at radius 3 is 1.31 bits per heavy atom. The highest BCUT2D eigenvalue weighted by Crippen LogP contribution is 1.88. The molecule has 0 aromatic heterocycles. The SMILES string of the molecule is C=C(C)N(C)C.CC.CCCCC. The van der Waals surface area contributed by atoms with Gasteiger partial charge in [0.1, 0.15) is 0 Å². The Morgan fingerprint density at radius 1 is 1.08 bits per heavy atom. The minimum Gasteiger partial charge on any atom is -0.382 e. The van der Waals surface area contributed by atoms with Crippen molar-refractivity contribution in [2.75, 3.05) is 14.1 Å². The summed E-state index contributed by atoms with van der Waals surface area (Å²) in [7, 11) is 3.95. The lowest BCUT2D eigenvalue weighted by Gasteiger charge is -2.08. The van der Waals surface area contributed by atoms with E-state index in [0.717, 1.165) is 5.70 Å². The molecule has 0 saturated carbocycles. The van der Waals surface area contributed by atoms with Crippen molar-refractivity contribution in [1.82, 2.24) is 4.90 Å². The largest absolute Gasteiger partial charge is 0.382 e. The van der Waals surface area contributed by atoms with Crippen LogP contribution in [0.2, 0.25) is 0 Å². The van der Waals surface area contributed by atoms with Crippen LogP contribution in [0, 0.1) is 0 Å². The van der Waals surface area contributed by atoms with Crippen molar-refractivity contribution >= 4 is 0 Å². The third-order valence-corrected chi connectivity index (χ3v) is 1.47. The maximum atomic E-state index is 3.68. The molecule has 1 heteroatoms. The molecule has 82 valence electrons. The number of hydrogen-bond acceptors (Lipinski definition) is 1. The van der Waals surface area contributed by atoms with Gasteiger partial charge in [-0.2, -0.15) is 0 Å². The first-order valence-electron chi connectivity index (χ1n) is 5.39. The number of allylic oxidation sites excluding steroid dienone is 1. The van der Waals surface area contributed by atoms with E-state index in [1.54, 1.807) is 0 Å². The van der Waals surface area contributed by atoms with Gasteiger partial charge in [-0.1, -0.05) is 53.5 Å². The highest BCUT2D eigenvalue weighted by molar-refractivity contribution is 4.82. The summed E-state index contributed by atoms with van der Waals surface area (Å²) in [6, 6.07) is 0. The van der Waals surface area contributed by atoms with Crippen molar-refractivity contribution in [3.8, 4) is 0 Å². The zero-order chi connectivity index (χ0) is 11.3. The van der Waals surface area contributed by atoms with Crippen molar-refractivity contribution in [3.63, 3.8) is 0 Å². The minimum atomic E-state index is 1.09. The Kier molecular flexibility index (Phi) is 24.8. The molecule has 0 aliphatic rings. The van der Waals surface area contributed by atoms with E-state index in [9.17, 15) is 0 Å². The molecular formula is C12H29N. The average Bonchev–Trinajstić information content (AvgIpc) is 2.10. The molecule has 0 rings (SSSR count). The molecule has 0 unspecified atom stereocenters. The first-order valence-corrected chi connectivity index (χ1v) is 5.39. The second kappa shape index (κ2) is 17.6. The van der Waals surface area contributed by atoms with Crippen molar-refractivity contribution < 1.29 is 0 Å². The summed E-state index contributed by atoms with van der Waals surface area (Å²) >= 11 is 0. The van der Waals surface area contributed by atoms with Crippen LogP contribution in [0.5, 0.6) is 0 Å². The van der Waals surface area contributed by atoms with E-state index in [0.29, 0.717) is 0 Å². The van der Waals surface area contributed by atoms with E-state index in [1.807, 2.05) is 39.8 Å². The van der Waals surface area contributed by atoms with Gasteiger partial charge in [0.25, 0.3) is 0 Å². The Hall–Kier alpha value is -0.460. The molecule has 0 radical (unpaired) electrons. The van der Waals surface area contributed by atoms with Crippen LogP contribution >= 0.6 is 0 Å². The molecule has 0 atom stereocenters. The maximum Gasteiger partial charge on any atom is 0.00578 e. The van der Waals surface area contributed by atoms with E-state index in [2.05, 4.69) is 20.4 Å². The van der Waals surface area contributed by atoms with Crippen molar-refractivity contribution in [2.24, 2.45) is 0 Å². The van der Waals surface area contributed by atoms with E-state index in [1.165, 1.54) is 19.3 Å². The highest BCUT2D eigenvalue weighted by Gasteiger charge is 1.79. The molecule has 0 N–H and O–H groups in total. The van der Waals surface area contributed by atoms with Gasteiger partial charge in [-0.05, 0) is 6.92 Å². The Balaban J connectivity index is -0.000000131. The van der Waals surface area contributed by atoms with E-state index >= 15 is 0 Å². The second-order valence-corrected chi connectivity index (χ2v) is 2.98. The predicted molar refractivity (Wildman–Crippen MR) is 65.0 cm³/mol. The predicted octanol–water partition coefficient (Wildman–Crippen LogP) is 4.30. The Morgan fingerprint density at radius 2 is 1.31 bits per heavy atom. The summed E-state index contributed by atoms with van der Waals surface area (Å²) in [5.41, 5.74) is 1.09. The lowest BCUT2D eigenvalue weighted by molar-refractivity contribution is 0.516.